The van der Waals surface area contributed by atoms with Gasteiger partial charge in [0.05, 0.1) is 6.04 Å². The quantitative estimate of drug-likeness (QED) is 0.638. The molecule has 6 heteroatoms. The number of halogens is 1. The van der Waals surface area contributed by atoms with Gasteiger partial charge in [-0.3, -0.25) is 9.59 Å². The van der Waals surface area contributed by atoms with Crippen LogP contribution in [0.25, 0.3) is 0 Å². The van der Waals surface area contributed by atoms with Gasteiger partial charge in [0.2, 0.25) is 11.8 Å². The van der Waals surface area contributed by atoms with E-state index < -0.39 is 0 Å². The van der Waals surface area contributed by atoms with Crippen LogP contribution in [0.4, 0.5) is 4.39 Å². The van der Waals surface area contributed by atoms with Crippen molar-refractivity contribution in [2.75, 3.05) is 6.54 Å². The summed E-state index contributed by atoms with van der Waals surface area (Å²) >= 11 is 1.73. The molecule has 1 N–H and O–H groups in total. The molecule has 0 saturated heterocycles. The van der Waals surface area contributed by atoms with Gasteiger partial charge in [-0.05, 0) is 46.7 Å². The molecule has 4 rings (SSSR count). The minimum atomic E-state index is -0.332. The van der Waals surface area contributed by atoms with E-state index >= 15 is 0 Å². The summed E-state index contributed by atoms with van der Waals surface area (Å²) in [5.74, 6) is -0.569. The second-order valence-electron chi connectivity index (χ2n) is 7.36. The van der Waals surface area contributed by atoms with E-state index in [-0.39, 0.29) is 43.1 Å². The third-order valence-electron chi connectivity index (χ3n) is 5.35. The number of benzene rings is 2. The number of nitrogens with zero attached hydrogens (tertiary/aromatic N) is 1. The molecule has 30 heavy (non-hydrogen) atoms. The van der Waals surface area contributed by atoms with Gasteiger partial charge in [-0.15, -0.1) is 11.3 Å². The number of thiophene rings is 1. The first-order chi connectivity index (χ1) is 14.6. The van der Waals surface area contributed by atoms with Crippen molar-refractivity contribution in [2.24, 2.45) is 0 Å². The third-order valence-corrected chi connectivity index (χ3v) is 6.34. The average molecular weight is 423 g/mol. The first kappa shape index (κ1) is 20.3. The Balaban J connectivity index is 1.39. The molecule has 0 saturated carbocycles. The maximum Gasteiger partial charge on any atom is 0.223 e. The molecule has 1 aliphatic heterocycles. The Morgan fingerprint density at radius 2 is 1.90 bits per heavy atom. The second-order valence-corrected chi connectivity index (χ2v) is 8.36. The minimum absolute atomic E-state index is 0.0263. The largest absolute Gasteiger partial charge is 0.352 e. The molecule has 1 unspecified atom stereocenters. The lowest BCUT2D eigenvalue weighted by Gasteiger charge is -2.36. The fourth-order valence-corrected chi connectivity index (χ4v) is 4.78. The smallest absolute Gasteiger partial charge is 0.223 e. The lowest BCUT2D eigenvalue weighted by atomic mass is 9.93. The van der Waals surface area contributed by atoms with Gasteiger partial charge in [0.15, 0.2) is 0 Å². The van der Waals surface area contributed by atoms with Crippen molar-refractivity contribution >= 4 is 23.2 Å². The van der Waals surface area contributed by atoms with E-state index in [1.807, 2.05) is 35.2 Å². The highest BCUT2D eigenvalue weighted by Crippen LogP contribution is 2.38. The molecule has 1 aromatic heterocycles. The van der Waals surface area contributed by atoms with Gasteiger partial charge in [0.1, 0.15) is 5.82 Å². The molecule has 0 radical (unpaired) electrons. The maximum atomic E-state index is 13.2. The summed E-state index contributed by atoms with van der Waals surface area (Å²) in [6, 6.07) is 18.1. The van der Waals surface area contributed by atoms with Gasteiger partial charge in [-0.1, -0.05) is 42.5 Å². The molecule has 1 atom stereocenters. The highest BCUT2D eigenvalue weighted by molar-refractivity contribution is 7.10. The Morgan fingerprint density at radius 3 is 2.70 bits per heavy atom. The van der Waals surface area contributed by atoms with Gasteiger partial charge < -0.3 is 10.2 Å². The summed E-state index contributed by atoms with van der Waals surface area (Å²) in [7, 11) is 0. The third kappa shape index (κ3) is 4.60. The summed E-state index contributed by atoms with van der Waals surface area (Å²) in [5.41, 5.74) is 2.96. The van der Waals surface area contributed by atoms with E-state index in [1.165, 1.54) is 22.6 Å². The predicted molar refractivity (Wildman–Crippen MR) is 116 cm³/mol. The molecule has 1 aliphatic rings. The molecule has 154 valence electrons. The van der Waals surface area contributed by atoms with Crippen LogP contribution in [-0.2, 0) is 22.6 Å². The molecule has 0 fully saturated rings. The van der Waals surface area contributed by atoms with Crippen molar-refractivity contribution in [1.29, 1.82) is 0 Å². The molecule has 3 aromatic rings. The second kappa shape index (κ2) is 9.22. The van der Waals surface area contributed by atoms with Gasteiger partial charge in [0.25, 0.3) is 0 Å². The Hall–Kier alpha value is -2.99. The Bertz CT molecular complexity index is 1030. The molecular weight excluding hydrogens is 399 g/mol. The number of hydrogen-bond acceptors (Lipinski definition) is 3. The van der Waals surface area contributed by atoms with Crippen LogP contribution in [-0.4, -0.2) is 23.3 Å². The summed E-state index contributed by atoms with van der Waals surface area (Å²) in [6.45, 7) is 0.899. The maximum absolute atomic E-state index is 13.2. The van der Waals surface area contributed by atoms with Crippen LogP contribution in [0, 0.1) is 5.82 Å². The van der Waals surface area contributed by atoms with E-state index in [2.05, 4.69) is 16.8 Å². The van der Waals surface area contributed by atoms with Gasteiger partial charge in [-0.2, -0.15) is 0 Å². The molecule has 4 nitrogen and oxygen atoms in total. The van der Waals surface area contributed by atoms with Gasteiger partial charge in [0, 0.05) is 30.8 Å². The minimum Gasteiger partial charge on any atom is -0.352 e. The van der Waals surface area contributed by atoms with Crippen molar-refractivity contribution in [3.05, 3.63) is 93.4 Å². The number of nitrogens with one attached hydrogen (secondary N) is 1. The number of rotatable bonds is 6. The highest BCUT2D eigenvalue weighted by Gasteiger charge is 2.32. The zero-order valence-corrected chi connectivity index (χ0v) is 17.3. The number of amides is 2. The van der Waals surface area contributed by atoms with E-state index in [9.17, 15) is 14.0 Å². The molecule has 2 heterocycles. The Morgan fingerprint density at radius 1 is 1.07 bits per heavy atom. The fraction of sp³-hybridized carbons (Fsp3) is 0.250. The molecule has 0 bridgehead atoms. The Kier molecular flexibility index (Phi) is 6.23. The zero-order chi connectivity index (χ0) is 20.9. The zero-order valence-electron chi connectivity index (χ0n) is 16.5. The lowest BCUT2D eigenvalue weighted by Crippen LogP contribution is -2.40. The van der Waals surface area contributed by atoms with Crippen LogP contribution in [0.15, 0.2) is 66.0 Å². The summed E-state index contributed by atoms with van der Waals surface area (Å²) in [5, 5.41) is 4.84. The molecule has 0 spiro atoms. The molecule has 2 aromatic carbocycles. The summed E-state index contributed by atoms with van der Waals surface area (Å²) in [6.07, 6.45) is 1.11. The first-order valence-corrected chi connectivity index (χ1v) is 10.9. The van der Waals surface area contributed by atoms with E-state index in [4.69, 9.17) is 0 Å². The van der Waals surface area contributed by atoms with Gasteiger partial charge in [-0.25, -0.2) is 4.39 Å². The van der Waals surface area contributed by atoms with Crippen molar-refractivity contribution in [1.82, 2.24) is 10.2 Å². The van der Waals surface area contributed by atoms with E-state index in [1.54, 1.807) is 23.5 Å². The molecule has 0 aliphatic carbocycles. The highest BCUT2D eigenvalue weighted by atomic mass is 32.1. The van der Waals surface area contributed by atoms with Crippen LogP contribution in [0.3, 0.4) is 0 Å². The molecule has 2 amide bonds. The van der Waals surface area contributed by atoms with Crippen molar-refractivity contribution in [3.63, 3.8) is 0 Å². The number of carbonyl (C=O) groups is 2. The van der Waals surface area contributed by atoms with Crippen molar-refractivity contribution in [3.8, 4) is 0 Å². The number of fused-ring (bicyclic) bond motifs is 1. The average Bonchev–Trinajstić information content (AvgIpc) is 3.25. The fourth-order valence-electron chi connectivity index (χ4n) is 3.88. The van der Waals surface area contributed by atoms with Crippen LogP contribution < -0.4 is 5.32 Å². The normalized spacial score (nSPS) is 15.5. The Labute approximate surface area is 179 Å². The summed E-state index contributed by atoms with van der Waals surface area (Å²) < 4.78 is 13.2. The predicted octanol–water partition coefficient (Wildman–Crippen LogP) is 4.46. The van der Waals surface area contributed by atoms with E-state index in [0.717, 1.165) is 12.0 Å². The standard InChI is InChI=1S/C24H23FN2O2S/c25-19-8-4-5-17(15-19)16-26-22(28)9-10-23(29)27-13-11-21-20(12-14-30-21)24(27)18-6-2-1-3-7-18/h1-8,12,14-15,24H,9-11,13,16H2,(H,26,28). The van der Waals surface area contributed by atoms with Gasteiger partial charge >= 0.3 is 0 Å². The van der Waals surface area contributed by atoms with E-state index in [0.29, 0.717) is 12.1 Å². The number of hydrogen-bond donors (Lipinski definition) is 1. The van der Waals surface area contributed by atoms with Crippen LogP contribution >= 0.6 is 11.3 Å². The molecular formula is C24H23FN2O2S. The van der Waals surface area contributed by atoms with Crippen molar-refractivity contribution in [2.45, 2.75) is 31.8 Å². The summed E-state index contributed by atoms with van der Waals surface area (Å²) in [4.78, 5) is 28.5. The van der Waals surface area contributed by atoms with Crippen molar-refractivity contribution < 1.29 is 14.0 Å². The van der Waals surface area contributed by atoms with Crippen LogP contribution in [0.2, 0.25) is 0 Å². The SMILES string of the molecule is O=C(CCC(=O)N1CCc2sccc2C1c1ccccc1)NCc1cccc(F)c1. The number of carbonyl (C=O) groups excluding carboxylic acids is 2. The first-order valence-electron chi connectivity index (χ1n) is 10.0. The lowest BCUT2D eigenvalue weighted by molar-refractivity contribution is -0.135. The monoisotopic (exact) mass is 422 g/mol. The van der Waals surface area contributed by atoms with Crippen LogP contribution in [0.1, 0.15) is 40.5 Å². The van der Waals surface area contributed by atoms with Crippen LogP contribution in [0.5, 0.6) is 0 Å². The topological polar surface area (TPSA) is 49.4 Å².